The molecule has 0 unspecified atom stereocenters. The number of ether oxygens (including phenoxy) is 1. The first-order valence-corrected chi connectivity index (χ1v) is 5.31. The van der Waals surface area contributed by atoms with Crippen LogP contribution in [0.1, 0.15) is 5.56 Å². The second kappa shape index (κ2) is 5.75. The summed E-state index contributed by atoms with van der Waals surface area (Å²) < 4.78 is 5.11. The average Bonchev–Trinajstić information content (AvgIpc) is 2.17. The van der Waals surface area contributed by atoms with Crippen molar-refractivity contribution in [2.24, 2.45) is 0 Å². The number of halogens is 1. The summed E-state index contributed by atoms with van der Waals surface area (Å²) in [5, 5.41) is 0. The molecule has 1 aromatic rings. The number of carbonyl (C=O) groups is 1. The highest BCUT2D eigenvalue weighted by atomic mass is 127. The molecule has 0 atom stereocenters. The Kier molecular flexibility index (Phi) is 4.53. The normalized spacial score (nSPS) is 10.2. The van der Waals surface area contributed by atoms with Crippen LogP contribution in [0.4, 0.5) is 0 Å². The minimum absolute atomic E-state index is 0.307. The van der Waals surface area contributed by atoms with Crippen LogP contribution in [0.2, 0.25) is 0 Å². The SMILES string of the molecule is O=C(/C=C/c1ccccc1)OCI. The first-order chi connectivity index (χ1) is 6.33. The van der Waals surface area contributed by atoms with Crippen molar-refractivity contribution in [3.8, 4) is 0 Å². The standard InChI is InChI=1S/C10H9IO2/c11-8-13-10(12)7-6-9-4-2-1-3-5-9/h1-7H,8H2/b7-6+. The summed E-state index contributed by atoms with van der Waals surface area (Å²) in [5.74, 6) is -0.307. The molecule has 1 rings (SSSR count). The van der Waals surface area contributed by atoms with E-state index in [1.54, 1.807) is 6.08 Å². The van der Waals surface area contributed by atoms with E-state index < -0.39 is 0 Å². The molecular formula is C10H9IO2. The van der Waals surface area contributed by atoms with Crippen LogP contribution in [-0.2, 0) is 9.53 Å². The molecule has 1 aromatic carbocycles. The predicted molar refractivity (Wildman–Crippen MR) is 60.5 cm³/mol. The van der Waals surface area contributed by atoms with Gasteiger partial charge in [0.1, 0.15) is 4.61 Å². The lowest BCUT2D eigenvalue weighted by Crippen LogP contribution is -1.96. The molecule has 0 fully saturated rings. The number of benzene rings is 1. The Balaban J connectivity index is 2.54. The van der Waals surface area contributed by atoms with Gasteiger partial charge in [-0.1, -0.05) is 30.3 Å². The molecule has 0 radical (unpaired) electrons. The van der Waals surface area contributed by atoms with E-state index in [-0.39, 0.29) is 5.97 Å². The van der Waals surface area contributed by atoms with Crippen molar-refractivity contribution in [2.75, 3.05) is 4.61 Å². The lowest BCUT2D eigenvalue weighted by atomic mass is 10.2. The zero-order valence-corrected chi connectivity index (χ0v) is 9.10. The van der Waals surface area contributed by atoms with Crippen molar-refractivity contribution in [1.29, 1.82) is 0 Å². The largest absolute Gasteiger partial charge is 0.452 e. The van der Waals surface area contributed by atoms with E-state index in [4.69, 9.17) is 4.74 Å². The number of hydrogen-bond acceptors (Lipinski definition) is 2. The molecule has 0 N–H and O–H groups in total. The molecule has 2 nitrogen and oxygen atoms in total. The second-order valence-corrected chi connectivity index (χ2v) is 2.94. The van der Waals surface area contributed by atoms with Crippen LogP contribution in [-0.4, -0.2) is 10.6 Å². The molecule has 0 heterocycles. The van der Waals surface area contributed by atoms with Crippen LogP contribution < -0.4 is 0 Å². The molecule has 13 heavy (non-hydrogen) atoms. The van der Waals surface area contributed by atoms with Crippen molar-refractivity contribution in [3.05, 3.63) is 42.0 Å². The van der Waals surface area contributed by atoms with E-state index >= 15 is 0 Å². The predicted octanol–water partition coefficient (Wildman–Crippen LogP) is 2.64. The molecule has 0 amide bonds. The maximum atomic E-state index is 10.9. The van der Waals surface area contributed by atoms with E-state index in [0.29, 0.717) is 4.61 Å². The van der Waals surface area contributed by atoms with E-state index in [1.807, 2.05) is 52.9 Å². The van der Waals surface area contributed by atoms with Gasteiger partial charge >= 0.3 is 5.97 Å². The molecule has 0 saturated carbocycles. The van der Waals surface area contributed by atoms with Gasteiger partial charge in [-0.2, -0.15) is 0 Å². The molecule has 3 heteroatoms. The fourth-order valence-electron chi connectivity index (χ4n) is 0.830. The number of esters is 1. The summed E-state index contributed by atoms with van der Waals surface area (Å²) in [6.07, 6.45) is 3.16. The van der Waals surface area contributed by atoms with Crippen LogP contribution >= 0.6 is 22.6 Å². The summed E-state index contributed by atoms with van der Waals surface area (Å²) in [5.41, 5.74) is 0.993. The summed E-state index contributed by atoms with van der Waals surface area (Å²) in [6.45, 7) is 0. The molecule has 0 aliphatic heterocycles. The number of rotatable bonds is 3. The zero-order valence-electron chi connectivity index (χ0n) is 6.94. The fraction of sp³-hybridized carbons (Fsp3) is 0.100. The molecule has 0 bridgehead atoms. The number of alkyl halides is 1. The van der Waals surface area contributed by atoms with Gasteiger partial charge < -0.3 is 4.74 Å². The topological polar surface area (TPSA) is 26.3 Å². The molecule has 0 aliphatic carbocycles. The smallest absolute Gasteiger partial charge is 0.331 e. The fourth-order valence-corrected chi connectivity index (χ4v) is 1.14. The minimum Gasteiger partial charge on any atom is -0.452 e. The Labute approximate surface area is 90.7 Å². The van der Waals surface area contributed by atoms with Gasteiger partial charge in [0.15, 0.2) is 0 Å². The number of hydrogen-bond donors (Lipinski definition) is 0. The first kappa shape index (κ1) is 10.2. The van der Waals surface area contributed by atoms with E-state index in [9.17, 15) is 4.79 Å². The minimum atomic E-state index is -0.307. The molecular weight excluding hydrogens is 279 g/mol. The molecule has 0 aromatic heterocycles. The third-order valence-corrected chi connectivity index (χ3v) is 1.72. The van der Waals surface area contributed by atoms with Gasteiger partial charge in [-0.05, 0) is 34.2 Å². The lowest BCUT2D eigenvalue weighted by Gasteiger charge is -1.93. The van der Waals surface area contributed by atoms with Gasteiger partial charge in [0.2, 0.25) is 0 Å². The highest BCUT2D eigenvalue weighted by Gasteiger charge is 1.92. The van der Waals surface area contributed by atoms with Gasteiger partial charge in [0.05, 0.1) is 0 Å². The van der Waals surface area contributed by atoms with E-state index in [0.717, 1.165) is 5.56 Å². The van der Waals surface area contributed by atoms with E-state index in [1.165, 1.54) is 6.08 Å². The third kappa shape index (κ3) is 4.07. The summed E-state index contributed by atoms with van der Waals surface area (Å²) in [4.78, 5) is 10.9. The maximum Gasteiger partial charge on any atom is 0.331 e. The Bertz CT molecular complexity index is 293. The Hall–Kier alpha value is -0.840. The quantitative estimate of drug-likeness (QED) is 0.370. The van der Waals surface area contributed by atoms with E-state index in [2.05, 4.69) is 0 Å². The van der Waals surface area contributed by atoms with Crippen LogP contribution in [0.25, 0.3) is 6.08 Å². The zero-order chi connectivity index (χ0) is 9.52. The van der Waals surface area contributed by atoms with Gasteiger partial charge in [0, 0.05) is 6.08 Å². The van der Waals surface area contributed by atoms with Crippen molar-refractivity contribution in [2.45, 2.75) is 0 Å². The van der Waals surface area contributed by atoms with Crippen molar-refractivity contribution < 1.29 is 9.53 Å². The Morgan fingerprint density at radius 2 is 2.08 bits per heavy atom. The first-order valence-electron chi connectivity index (χ1n) is 3.79. The van der Waals surface area contributed by atoms with Gasteiger partial charge in [0.25, 0.3) is 0 Å². The maximum absolute atomic E-state index is 10.9. The second-order valence-electron chi connectivity index (χ2n) is 2.32. The van der Waals surface area contributed by atoms with Crippen LogP contribution in [0.15, 0.2) is 36.4 Å². The highest BCUT2D eigenvalue weighted by molar-refractivity contribution is 14.1. The Morgan fingerprint density at radius 1 is 1.38 bits per heavy atom. The summed E-state index contributed by atoms with van der Waals surface area (Å²) >= 11 is 1.98. The molecule has 0 aliphatic rings. The molecule has 68 valence electrons. The van der Waals surface area contributed by atoms with Crippen molar-refractivity contribution in [3.63, 3.8) is 0 Å². The molecule has 0 spiro atoms. The highest BCUT2D eigenvalue weighted by Crippen LogP contribution is 2.01. The number of carbonyl (C=O) groups excluding carboxylic acids is 1. The van der Waals surface area contributed by atoms with Crippen LogP contribution in [0.5, 0.6) is 0 Å². The van der Waals surface area contributed by atoms with Gasteiger partial charge in [-0.15, -0.1) is 0 Å². The van der Waals surface area contributed by atoms with Gasteiger partial charge in [-0.25, -0.2) is 4.79 Å². The monoisotopic (exact) mass is 288 g/mol. The van der Waals surface area contributed by atoms with Crippen molar-refractivity contribution >= 4 is 34.6 Å². The van der Waals surface area contributed by atoms with Gasteiger partial charge in [-0.3, -0.25) is 0 Å². The van der Waals surface area contributed by atoms with Crippen LogP contribution in [0.3, 0.4) is 0 Å². The summed E-state index contributed by atoms with van der Waals surface area (Å²) in [6, 6.07) is 9.62. The Morgan fingerprint density at radius 3 is 2.69 bits per heavy atom. The average molecular weight is 288 g/mol. The van der Waals surface area contributed by atoms with Crippen LogP contribution in [0, 0.1) is 0 Å². The summed E-state index contributed by atoms with van der Waals surface area (Å²) in [7, 11) is 0. The lowest BCUT2D eigenvalue weighted by molar-refractivity contribution is -0.135. The molecule has 0 saturated heterocycles. The third-order valence-electron chi connectivity index (χ3n) is 1.41. The van der Waals surface area contributed by atoms with Crippen molar-refractivity contribution in [1.82, 2.24) is 0 Å².